The number of benzene rings is 2. The van der Waals surface area contributed by atoms with Gasteiger partial charge in [-0.3, -0.25) is 14.4 Å². The monoisotopic (exact) mass is 466 g/mol. The predicted molar refractivity (Wildman–Crippen MR) is 109 cm³/mol. The van der Waals surface area contributed by atoms with Gasteiger partial charge in [-0.15, -0.1) is 0 Å². The first-order chi connectivity index (χ1) is 13.3. The average Bonchev–Trinajstić information content (AvgIpc) is 2.71. The largest absolute Gasteiger partial charge is 0.468 e. The summed E-state index contributed by atoms with van der Waals surface area (Å²) in [5.41, 5.74) is 1.09. The number of halogens is 2. The van der Waals surface area contributed by atoms with Crippen molar-refractivity contribution in [3.05, 3.63) is 69.2 Å². The van der Waals surface area contributed by atoms with Crippen molar-refractivity contribution in [2.75, 3.05) is 14.2 Å². The Labute approximate surface area is 177 Å². The zero-order valence-corrected chi connectivity index (χ0v) is 18.0. The third kappa shape index (κ3) is 5.00. The lowest BCUT2D eigenvalue weighted by atomic mass is 9.74. The lowest BCUT2D eigenvalue weighted by Crippen LogP contribution is -2.37. The number of hydrogen-bond donors (Lipinski definition) is 0. The molecule has 0 aliphatic rings. The van der Waals surface area contributed by atoms with Crippen LogP contribution in [0.2, 0.25) is 5.02 Å². The molecular weight excluding hydrogens is 448 g/mol. The van der Waals surface area contributed by atoms with E-state index in [4.69, 9.17) is 21.1 Å². The number of esters is 2. The number of ether oxygens (including phenoxy) is 2. The Morgan fingerprint density at radius 3 is 1.86 bits per heavy atom. The van der Waals surface area contributed by atoms with Crippen molar-refractivity contribution in [1.82, 2.24) is 0 Å². The molecule has 0 amide bonds. The van der Waals surface area contributed by atoms with E-state index in [1.807, 2.05) is 0 Å². The molecule has 0 heterocycles. The van der Waals surface area contributed by atoms with E-state index in [1.54, 1.807) is 55.5 Å². The second-order valence-electron chi connectivity index (χ2n) is 6.26. The highest BCUT2D eigenvalue weighted by Crippen LogP contribution is 2.36. The van der Waals surface area contributed by atoms with E-state index in [2.05, 4.69) is 15.9 Å². The molecule has 0 saturated heterocycles. The second kappa shape index (κ2) is 9.85. The van der Waals surface area contributed by atoms with E-state index < -0.39 is 29.7 Å². The molecule has 0 aliphatic carbocycles. The van der Waals surface area contributed by atoms with Gasteiger partial charge in [0, 0.05) is 26.9 Å². The van der Waals surface area contributed by atoms with Gasteiger partial charge >= 0.3 is 11.9 Å². The Morgan fingerprint density at radius 2 is 1.39 bits per heavy atom. The third-order valence-electron chi connectivity index (χ3n) is 4.61. The summed E-state index contributed by atoms with van der Waals surface area (Å²) in [5.74, 6) is -4.50. The molecule has 0 N–H and O–H groups in total. The van der Waals surface area contributed by atoms with Crippen molar-refractivity contribution in [3.8, 4) is 0 Å². The minimum absolute atomic E-state index is 0.203. The predicted octanol–water partition coefficient (Wildman–Crippen LogP) is 4.67. The fourth-order valence-electron chi connectivity index (χ4n) is 3.14. The van der Waals surface area contributed by atoms with Gasteiger partial charge in [0.2, 0.25) is 0 Å². The Morgan fingerprint density at radius 1 is 0.893 bits per heavy atom. The van der Waals surface area contributed by atoms with E-state index in [1.165, 1.54) is 14.2 Å². The van der Waals surface area contributed by atoms with Crippen molar-refractivity contribution in [2.24, 2.45) is 11.8 Å². The summed E-state index contributed by atoms with van der Waals surface area (Å²) in [7, 11) is 2.39. The van der Waals surface area contributed by atoms with Crippen LogP contribution in [0.3, 0.4) is 0 Å². The topological polar surface area (TPSA) is 69.7 Å². The first kappa shape index (κ1) is 22.1. The summed E-state index contributed by atoms with van der Waals surface area (Å²) in [6.45, 7) is 1.68. The van der Waals surface area contributed by atoms with Crippen molar-refractivity contribution in [1.29, 1.82) is 0 Å². The Hall–Kier alpha value is -2.18. The summed E-state index contributed by atoms with van der Waals surface area (Å²) in [4.78, 5) is 38.0. The molecule has 0 bridgehead atoms. The van der Waals surface area contributed by atoms with Gasteiger partial charge in [-0.05, 0) is 29.8 Å². The van der Waals surface area contributed by atoms with Crippen LogP contribution in [0.15, 0.2) is 53.0 Å². The molecule has 2 aromatic carbocycles. The molecule has 28 heavy (non-hydrogen) atoms. The lowest BCUT2D eigenvalue weighted by Gasteiger charge is -2.28. The van der Waals surface area contributed by atoms with Crippen LogP contribution in [0.1, 0.15) is 28.8 Å². The van der Waals surface area contributed by atoms with Gasteiger partial charge in [0.1, 0.15) is 0 Å². The van der Waals surface area contributed by atoms with Gasteiger partial charge in [-0.2, -0.15) is 0 Å². The molecule has 5 nitrogen and oxygen atoms in total. The molecule has 0 saturated carbocycles. The number of Topliss-reactive ketones (excluding diaryl/α,β-unsaturated/α-hetero) is 1. The van der Waals surface area contributed by atoms with Crippen LogP contribution in [0, 0.1) is 11.8 Å². The van der Waals surface area contributed by atoms with Crippen LogP contribution in [-0.2, 0) is 19.1 Å². The number of carbonyl (C=O) groups is 3. The molecule has 0 unspecified atom stereocenters. The maximum atomic E-state index is 13.1. The quantitative estimate of drug-likeness (QED) is 0.336. The Balaban J connectivity index is 2.53. The van der Waals surface area contributed by atoms with Gasteiger partial charge in [0.05, 0.1) is 14.2 Å². The number of carbonyl (C=O) groups excluding carboxylic acids is 3. The van der Waals surface area contributed by atoms with E-state index >= 15 is 0 Å². The standard InChI is InChI=1S/C21H20BrClO5/c1-12(19(24)14-4-8-15(22)9-5-14)17(13-6-10-16(23)11-7-13)18(20(25)27-2)21(26)28-3/h4-12,17-18H,1-3H3/t12-,17-/m1/s1. The first-order valence-corrected chi connectivity index (χ1v) is 9.68. The molecule has 0 aliphatic heterocycles. The number of rotatable bonds is 7. The van der Waals surface area contributed by atoms with Crippen LogP contribution in [0.4, 0.5) is 0 Å². The molecule has 2 aromatic rings. The minimum Gasteiger partial charge on any atom is -0.468 e. The number of ketones is 1. The van der Waals surface area contributed by atoms with Crippen molar-refractivity contribution in [2.45, 2.75) is 12.8 Å². The molecule has 148 valence electrons. The van der Waals surface area contributed by atoms with Crippen LogP contribution in [0.5, 0.6) is 0 Å². The molecule has 2 rings (SSSR count). The van der Waals surface area contributed by atoms with Crippen LogP contribution in [0.25, 0.3) is 0 Å². The number of methoxy groups -OCH3 is 2. The summed E-state index contributed by atoms with van der Waals surface area (Å²) < 4.78 is 10.5. The van der Waals surface area contributed by atoms with Gasteiger partial charge in [-0.1, -0.05) is 58.7 Å². The fraction of sp³-hybridized carbons (Fsp3) is 0.286. The Bertz CT molecular complexity index is 832. The third-order valence-corrected chi connectivity index (χ3v) is 5.39. The molecule has 0 radical (unpaired) electrons. The SMILES string of the molecule is COC(=O)C(C(=O)OC)[C@@H](c1ccc(Cl)cc1)[C@@H](C)C(=O)c1ccc(Br)cc1. The highest BCUT2D eigenvalue weighted by atomic mass is 79.9. The van der Waals surface area contributed by atoms with E-state index in [9.17, 15) is 14.4 Å². The maximum Gasteiger partial charge on any atom is 0.320 e. The van der Waals surface area contributed by atoms with Crippen LogP contribution >= 0.6 is 27.5 Å². The fourth-order valence-corrected chi connectivity index (χ4v) is 3.53. The van der Waals surface area contributed by atoms with Gasteiger partial charge in [0.25, 0.3) is 0 Å². The van der Waals surface area contributed by atoms with Crippen molar-refractivity contribution < 1.29 is 23.9 Å². The summed E-state index contributed by atoms with van der Waals surface area (Å²) in [5, 5.41) is 0.502. The summed E-state index contributed by atoms with van der Waals surface area (Å²) in [6, 6.07) is 13.6. The van der Waals surface area contributed by atoms with Crippen LogP contribution in [-0.4, -0.2) is 31.9 Å². The second-order valence-corrected chi connectivity index (χ2v) is 7.61. The zero-order chi connectivity index (χ0) is 20.8. The zero-order valence-electron chi connectivity index (χ0n) is 15.6. The normalized spacial score (nSPS) is 12.9. The van der Waals surface area contributed by atoms with Gasteiger partial charge in [0.15, 0.2) is 11.7 Å². The van der Waals surface area contributed by atoms with Gasteiger partial charge in [-0.25, -0.2) is 0 Å². The molecule has 0 spiro atoms. The van der Waals surface area contributed by atoms with Gasteiger partial charge < -0.3 is 9.47 Å². The smallest absolute Gasteiger partial charge is 0.320 e. The van der Waals surface area contributed by atoms with E-state index in [0.29, 0.717) is 16.1 Å². The summed E-state index contributed by atoms with van der Waals surface area (Å²) >= 11 is 9.31. The molecule has 7 heteroatoms. The van der Waals surface area contributed by atoms with Crippen molar-refractivity contribution >= 4 is 45.3 Å². The molecule has 0 fully saturated rings. The van der Waals surface area contributed by atoms with Crippen LogP contribution < -0.4 is 0 Å². The van der Waals surface area contributed by atoms with E-state index in [0.717, 1.165) is 4.47 Å². The lowest BCUT2D eigenvalue weighted by molar-refractivity contribution is -0.160. The van der Waals surface area contributed by atoms with E-state index in [-0.39, 0.29) is 5.78 Å². The first-order valence-electron chi connectivity index (χ1n) is 8.51. The molecule has 0 aromatic heterocycles. The molecular formula is C21H20BrClO5. The molecule has 2 atom stereocenters. The Kier molecular flexibility index (Phi) is 7.78. The van der Waals surface area contributed by atoms with Crippen molar-refractivity contribution in [3.63, 3.8) is 0 Å². The number of hydrogen-bond acceptors (Lipinski definition) is 5. The minimum atomic E-state index is -1.29. The maximum absolute atomic E-state index is 13.1. The summed E-state index contributed by atoms with van der Waals surface area (Å²) in [6.07, 6.45) is 0. The average molecular weight is 468 g/mol. The highest BCUT2D eigenvalue weighted by Gasteiger charge is 2.43. The highest BCUT2D eigenvalue weighted by molar-refractivity contribution is 9.10.